The first-order chi connectivity index (χ1) is 15.5. The van der Waals surface area contributed by atoms with Gasteiger partial charge in [-0.1, -0.05) is 24.3 Å². The molecular weight excluding hydrogens is 426 g/mol. The molecule has 2 aromatic rings. The molecule has 2 fully saturated rings. The number of benzene rings is 2. The van der Waals surface area contributed by atoms with Gasteiger partial charge >= 0.3 is 0 Å². The van der Waals surface area contributed by atoms with Gasteiger partial charge < -0.3 is 15.0 Å². The van der Waals surface area contributed by atoms with Crippen LogP contribution in [-0.4, -0.2) is 58.0 Å². The molecule has 32 heavy (non-hydrogen) atoms. The summed E-state index contributed by atoms with van der Waals surface area (Å²) in [5.41, 5.74) is 3.20. The number of amides is 1. The van der Waals surface area contributed by atoms with Gasteiger partial charge in [0.1, 0.15) is 0 Å². The van der Waals surface area contributed by atoms with E-state index in [1.54, 1.807) is 28.6 Å². The van der Waals surface area contributed by atoms with Crippen LogP contribution in [0.2, 0.25) is 0 Å². The molecule has 0 aromatic heterocycles. The third kappa shape index (κ3) is 5.68. The molecule has 0 aliphatic carbocycles. The van der Waals surface area contributed by atoms with Crippen molar-refractivity contribution in [3.8, 4) is 0 Å². The van der Waals surface area contributed by atoms with Gasteiger partial charge in [0.05, 0.1) is 18.1 Å². The number of nitrogens with one attached hydrogen (secondary N) is 1. The molecule has 0 atom stereocenters. The molecule has 0 bridgehead atoms. The molecule has 0 saturated carbocycles. The second-order valence-electron chi connectivity index (χ2n) is 8.30. The smallest absolute Gasteiger partial charge is 0.243 e. The summed E-state index contributed by atoms with van der Waals surface area (Å²) in [6.07, 6.45) is 2.78. The fourth-order valence-electron chi connectivity index (χ4n) is 4.10. The molecule has 1 amide bonds. The van der Waals surface area contributed by atoms with Crippen molar-refractivity contribution >= 4 is 21.6 Å². The lowest BCUT2D eigenvalue weighted by molar-refractivity contribution is -0.121. The largest absolute Gasteiger partial charge is 0.378 e. The van der Waals surface area contributed by atoms with E-state index in [0.717, 1.165) is 50.3 Å². The standard InChI is InChI=1S/C24H31N3O4S/c28-24(25-19-21-3-8-22(9-4-21)26-15-17-31-18-16-26)12-7-20-5-10-23(11-6-20)32(29,30)27-13-1-2-14-27/h3-6,8-11H,1-2,7,12-19H2,(H,25,28). The Labute approximate surface area is 190 Å². The van der Waals surface area contributed by atoms with Crippen LogP contribution in [0.15, 0.2) is 53.4 Å². The van der Waals surface area contributed by atoms with E-state index in [1.807, 2.05) is 12.1 Å². The molecule has 0 radical (unpaired) electrons. The van der Waals surface area contributed by atoms with Crippen molar-refractivity contribution in [2.45, 2.75) is 37.1 Å². The van der Waals surface area contributed by atoms with Gasteiger partial charge in [-0.2, -0.15) is 4.31 Å². The Balaban J connectivity index is 1.22. The van der Waals surface area contributed by atoms with Crippen molar-refractivity contribution < 1.29 is 17.9 Å². The van der Waals surface area contributed by atoms with Gasteiger partial charge in [-0.15, -0.1) is 0 Å². The summed E-state index contributed by atoms with van der Waals surface area (Å²) in [6, 6.07) is 15.2. The maximum Gasteiger partial charge on any atom is 0.243 e. The van der Waals surface area contributed by atoms with E-state index in [9.17, 15) is 13.2 Å². The summed E-state index contributed by atoms with van der Waals surface area (Å²) in [5, 5.41) is 2.97. The third-order valence-electron chi connectivity index (χ3n) is 6.07. The summed E-state index contributed by atoms with van der Waals surface area (Å²) in [5.74, 6) is -0.0176. The van der Waals surface area contributed by atoms with Crippen LogP contribution in [0.4, 0.5) is 5.69 Å². The number of hydrogen-bond acceptors (Lipinski definition) is 5. The Hall–Kier alpha value is -2.42. The summed E-state index contributed by atoms with van der Waals surface area (Å²) in [6.45, 7) is 5.02. The van der Waals surface area contributed by atoms with Crippen molar-refractivity contribution in [2.24, 2.45) is 0 Å². The van der Waals surface area contributed by atoms with E-state index in [-0.39, 0.29) is 5.91 Å². The van der Waals surface area contributed by atoms with Crippen molar-refractivity contribution in [1.82, 2.24) is 9.62 Å². The van der Waals surface area contributed by atoms with Crippen LogP contribution in [0.1, 0.15) is 30.4 Å². The lowest BCUT2D eigenvalue weighted by Crippen LogP contribution is -2.36. The number of ether oxygens (including phenoxy) is 1. The number of hydrogen-bond donors (Lipinski definition) is 1. The molecule has 172 valence electrons. The fourth-order valence-corrected chi connectivity index (χ4v) is 5.62. The summed E-state index contributed by atoms with van der Waals surface area (Å²) in [7, 11) is -3.39. The van der Waals surface area contributed by atoms with Gasteiger partial charge in [-0.05, 0) is 54.7 Å². The second kappa shape index (κ2) is 10.5. The molecule has 0 spiro atoms. The van der Waals surface area contributed by atoms with Crippen LogP contribution in [0, 0.1) is 0 Å². The number of sulfonamides is 1. The summed E-state index contributed by atoms with van der Waals surface area (Å²) in [4.78, 5) is 14.9. The van der Waals surface area contributed by atoms with E-state index < -0.39 is 10.0 Å². The molecule has 7 nitrogen and oxygen atoms in total. The monoisotopic (exact) mass is 457 g/mol. The Kier molecular flexibility index (Phi) is 7.44. The Morgan fingerprint density at radius 3 is 2.16 bits per heavy atom. The van der Waals surface area contributed by atoms with Gasteiger partial charge in [-0.3, -0.25) is 4.79 Å². The predicted octanol–water partition coefficient (Wildman–Crippen LogP) is 2.56. The number of nitrogens with zero attached hydrogens (tertiary/aromatic N) is 2. The quantitative estimate of drug-likeness (QED) is 0.659. The number of anilines is 1. The summed E-state index contributed by atoms with van der Waals surface area (Å²) >= 11 is 0. The summed E-state index contributed by atoms with van der Waals surface area (Å²) < 4.78 is 32.1. The minimum absolute atomic E-state index is 0.0176. The highest BCUT2D eigenvalue weighted by Crippen LogP contribution is 2.21. The van der Waals surface area contributed by atoms with Gasteiger partial charge in [0.25, 0.3) is 0 Å². The van der Waals surface area contributed by atoms with Crippen molar-refractivity contribution in [1.29, 1.82) is 0 Å². The van der Waals surface area contributed by atoms with Gasteiger partial charge in [-0.25, -0.2) is 8.42 Å². The first-order valence-corrected chi connectivity index (χ1v) is 12.7. The van der Waals surface area contributed by atoms with Gasteiger partial charge in [0, 0.05) is 44.8 Å². The average Bonchev–Trinajstić information content (AvgIpc) is 3.39. The zero-order chi connectivity index (χ0) is 22.4. The minimum Gasteiger partial charge on any atom is -0.378 e. The molecule has 4 rings (SSSR count). The second-order valence-corrected chi connectivity index (χ2v) is 10.2. The molecule has 2 aliphatic rings. The zero-order valence-corrected chi connectivity index (χ0v) is 19.1. The van der Waals surface area contributed by atoms with Crippen LogP contribution >= 0.6 is 0 Å². The van der Waals surface area contributed by atoms with E-state index in [4.69, 9.17) is 4.74 Å². The van der Waals surface area contributed by atoms with Crippen LogP contribution in [0.5, 0.6) is 0 Å². The van der Waals surface area contributed by atoms with E-state index in [0.29, 0.717) is 37.4 Å². The predicted molar refractivity (Wildman–Crippen MR) is 124 cm³/mol. The average molecular weight is 458 g/mol. The number of morpholine rings is 1. The molecular formula is C24H31N3O4S. The van der Waals surface area contributed by atoms with E-state index >= 15 is 0 Å². The molecule has 2 heterocycles. The number of carbonyl (C=O) groups is 1. The SMILES string of the molecule is O=C(CCc1ccc(S(=O)(=O)N2CCCC2)cc1)NCc1ccc(N2CCOCC2)cc1. The van der Waals surface area contributed by atoms with E-state index in [1.165, 1.54) is 5.69 Å². The minimum atomic E-state index is -3.39. The van der Waals surface area contributed by atoms with Crippen LogP contribution in [-0.2, 0) is 32.5 Å². The lowest BCUT2D eigenvalue weighted by atomic mass is 10.1. The first-order valence-electron chi connectivity index (χ1n) is 11.3. The highest BCUT2D eigenvalue weighted by atomic mass is 32.2. The van der Waals surface area contributed by atoms with Gasteiger partial charge in [0.15, 0.2) is 0 Å². The van der Waals surface area contributed by atoms with Crippen LogP contribution in [0.3, 0.4) is 0 Å². The third-order valence-corrected chi connectivity index (χ3v) is 7.98. The van der Waals surface area contributed by atoms with Gasteiger partial charge in [0.2, 0.25) is 15.9 Å². The van der Waals surface area contributed by atoms with Crippen LogP contribution < -0.4 is 10.2 Å². The number of aryl methyl sites for hydroxylation is 1. The normalized spacial score (nSPS) is 17.4. The van der Waals surface area contributed by atoms with Crippen molar-refractivity contribution in [2.75, 3.05) is 44.3 Å². The molecule has 8 heteroatoms. The highest BCUT2D eigenvalue weighted by Gasteiger charge is 2.26. The number of carbonyl (C=O) groups excluding carboxylic acids is 1. The maximum absolute atomic E-state index is 12.6. The molecule has 2 saturated heterocycles. The molecule has 1 N–H and O–H groups in total. The maximum atomic E-state index is 12.6. The molecule has 0 unspecified atom stereocenters. The molecule has 2 aliphatic heterocycles. The lowest BCUT2D eigenvalue weighted by Gasteiger charge is -2.28. The fraction of sp³-hybridized carbons (Fsp3) is 0.458. The van der Waals surface area contributed by atoms with Crippen molar-refractivity contribution in [3.05, 3.63) is 59.7 Å². The zero-order valence-electron chi connectivity index (χ0n) is 18.3. The van der Waals surface area contributed by atoms with Crippen molar-refractivity contribution in [3.63, 3.8) is 0 Å². The Bertz CT molecular complexity index is 995. The topological polar surface area (TPSA) is 79.0 Å². The first kappa shape index (κ1) is 22.8. The Morgan fingerprint density at radius 1 is 0.875 bits per heavy atom. The Morgan fingerprint density at radius 2 is 1.50 bits per heavy atom. The highest BCUT2D eigenvalue weighted by molar-refractivity contribution is 7.89. The van der Waals surface area contributed by atoms with E-state index in [2.05, 4.69) is 22.3 Å². The molecule has 2 aromatic carbocycles. The van der Waals surface area contributed by atoms with Crippen LogP contribution in [0.25, 0.3) is 0 Å². The number of rotatable bonds is 8.